The lowest BCUT2D eigenvalue weighted by Crippen LogP contribution is -2.26. The van der Waals surface area contributed by atoms with Gasteiger partial charge in [0.1, 0.15) is 0 Å². The number of hydrogen-bond donors (Lipinski definition) is 2. The zero-order valence-corrected chi connectivity index (χ0v) is 11.2. The van der Waals surface area contributed by atoms with Crippen molar-refractivity contribution in [3.63, 3.8) is 0 Å². The van der Waals surface area contributed by atoms with Gasteiger partial charge in [-0.15, -0.1) is 0 Å². The SMILES string of the molecule is O=C(O)c1ccccc1C(=O)NCCC[SiH3]. The maximum atomic E-state index is 11.7. The van der Waals surface area contributed by atoms with Crippen LogP contribution in [-0.2, 0) is 0 Å². The lowest BCUT2D eigenvalue weighted by Gasteiger charge is -2.06. The van der Waals surface area contributed by atoms with Gasteiger partial charge >= 0.3 is 5.97 Å². The molecule has 0 saturated carbocycles. The molecule has 86 valence electrons. The number of hydrogen-bond acceptors (Lipinski definition) is 2. The third kappa shape index (κ3) is 3.20. The van der Waals surface area contributed by atoms with Gasteiger partial charge in [0, 0.05) is 16.8 Å². The standard InChI is InChI=1S/C11H15NO3Si/c13-10(12-6-3-7-16)8-4-1-2-5-9(8)11(14)15/h1-2,4-5H,3,6-7H2,16H3,(H,12,13)(H,14,15). The number of carboxylic acid groups (broad SMARTS) is 1. The van der Waals surface area contributed by atoms with Gasteiger partial charge in [0.2, 0.25) is 0 Å². The summed E-state index contributed by atoms with van der Waals surface area (Å²) in [5, 5.41) is 11.6. The second-order valence-electron chi connectivity index (χ2n) is 3.46. The van der Waals surface area contributed by atoms with Gasteiger partial charge in [-0.1, -0.05) is 18.2 Å². The Labute approximate surface area is 97.1 Å². The van der Waals surface area contributed by atoms with Crippen molar-refractivity contribution >= 4 is 22.1 Å². The molecule has 1 aromatic rings. The Morgan fingerprint density at radius 1 is 1.25 bits per heavy atom. The molecule has 0 heterocycles. The van der Waals surface area contributed by atoms with Crippen molar-refractivity contribution in [2.24, 2.45) is 0 Å². The number of carbonyl (C=O) groups is 2. The fraction of sp³-hybridized carbons (Fsp3) is 0.273. The normalized spacial score (nSPS) is 10.0. The third-order valence-corrected chi connectivity index (χ3v) is 2.93. The summed E-state index contributed by atoms with van der Waals surface area (Å²) in [5.74, 6) is -1.39. The van der Waals surface area contributed by atoms with Gasteiger partial charge in [-0.2, -0.15) is 0 Å². The van der Waals surface area contributed by atoms with E-state index in [0.29, 0.717) is 6.54 Å². The van der Waals surface area contributed by atoms with E-state index in [9.17, 15) is 9.59 Å². The number of aromatic carboxylic acids is 1. The number of carbonyl (C=O) groups excluding carboxylic acids is 1. The fourth-order valence-corrected chi connectivity index (χ4v) is 1.70. The number of carboxylic acids is 1. The Bertz CT molecular complexity index is 393. The van der Waals surface area contributed by atoms with Crippen LogP contribution in [0.3, 0.4) is 0 Å². The summed E-state index contributed by atoms with van der Waals surface area (Å²) in [7, 11) is 1.12. The molecule has 1 aromatic carbocycles. The monoisotopic (exact) mass is 237 g/mol. The molecule has 4 nitrogen and oxygen atoms in total. The van der Waals surface area contributed by atoms with E-state index in [1.54, 1.807) is 12.1 Å². The summed E-state index contributed by atoms with van der Waals surface area (Å²) in [5.41, 5.74) is 0.272. The minimum atomic E-state index is -1.08. The summed E-state index contributed by atoms with van der Waals surface area (Å²) in [6.45, 7) is 0.607. The average molecular weight is 237 g/mol. The summed E-state index contributed by atoms with van der Waals surface area (Å²) in [4.78, 5) is 22.6. The highest BCUT2D eigenvalue weighted by molar-refractivity contribution is 6.08. The Kier molecular flexibility index (Phi) is 4.72. The molecule has 1 amide bonds. The minimum absolute atomic E-state index is 0.0471. The molecule has 0 unspecified atom stereocenters. The molecule has 1 rings (SSSR count). The van der Waals surface area contributed by atoms with Crippen LogP contribution >= 0.6 is 0 Å². The van der Waals surface area contributed by atoms with E-state index in [0.717, 1.165) is 22.7 Å². The highest BCUT2D eigenvalue weighted by Crippen LogP contribution is 2.08. The van der Waals surface area contributed by atoms with Crippen molar-refractivity contribution in [2.45, 2.75) is 12.5 Å². The van der Waals surface area contributed by atoms with Crippen LogP contribution in [0.4, 0.5) is 0 Å². The van der Waals surface area contributed by atoms with Gasteiger partial charge in [0.05, 0.1) is 11.1 Å². The van der Waals surface area contributed by atoms with Crippen LogP contribution in [0.2, 0.25) is 6.04 Å². The van der Waals surface area contributed by atoms with Crippen LogP contribution in [0, 0.1) is 0 Å². The highest BCUT2D eigenvalue weighted by atomic mass is 28.1. The van der Waals surface area contributed by atoms with Gasteiger partial charge in [-0.25, -0.2) is 4.79 Å². The van der Waals surface area contributed by atoms with Crippen LogP contribution in [0.1, 0.15) is 27.1 Å². The molecule has 0 aliphatic carbocycles. The number of benzene rings is 1. The van der Waals surface area contributed by atoms with Crippen molar-refractivity contribution < 1.29 is 14.7 Å². The molecule has 0 saturated heterocycles. The van der Waals surface area contributed by atoms with Crippen molar-refractivity contribution in [3.8, 4) is 0 Å². The summed E-state index contributed by atoms with van der Waals surface area (Å²) >= 11 is 0. The maximum absolute atomic E-state index is 11.7. The summed E-state index contributed by atoms with van der Waals surface area (Å²) < 4.78 is 0. The van der Waals surface area contributed by atoms with Crippen LogP contribution < -0.4 is 5.32 Å². The second kappa shape index (κ2) is 6.07. The quantitative estimate of drug-likeness (QED) is 0.571. The van der Waals surface area contributed by atoms with Crippen molar-refractivity contribution in [3.05, 3.63) is 35.4 Å². The predicted octanol–water partition coefficient (Wildman–Crippen LogP) is 0.288. The molecule has 2 N–H and O–H groups in total. The Morgan fingerprint density at radius 2 is 1.88 bits per heavy atom. The number of amides is 1. The molecule has 0 aliphatic rings. The fourth-order valence-electron chi connectivity index (χ4n) is 1.34. The van der Waals surface area contributed by atoms with Gasteiger partial charge < -0.3 is 10.4 Å². The van der Waals surface area contributed by atoms with Gasteiger partial charge in [-0.3, -0.25) is 4.79 Å². The van der Waals surface area contributed by atoms with Crippen molar-refractivity contribution in [1.82, 2.24) is 5.32 Å². The second-order valence-corrected chi connectivity index (χ2v) is 4.46. The number of nitrogens with one attached hydrogen (secondary N) is 1. The first-order valence-electron chi connectivity index (χ1n) is 5.27. The predicted molar refractivity (Wildman–Crippen MR) is 65.1 cm³/mol. The van der Waals surface area contributed by atoms with Gasteiger partial charge in [-0.05, 0) is 18.6 Å². The molecule has 0 aliphatic heterocycles. The summed E-state index contributed by atoms with van der Waals surface area (Å²) in [6, 6.07) is 7.36. The molecule has 0 bridgehead atoms. The summed E-state index contributed by atoms with van der Waals surface area (Å²) in [6.07, 6.45) is 0.952. The lowest BCUT2D eigenvalue weighted by molar-refractivity contribution is 0.0691. The van der Waals surface area contributed by atoms with E-state index >= 15 is 0 Å². The molecular weight excluding hydrogens is 222 g/mol. The third-order valence-electron chi connectivity index (χ3n) is 2.22. The van der Waals surface area contributed by atoms with Crippen LogP contribution in [0.5, 0.6) is 0 Å². The van der Waals surface area contributed by atoms with E-state index in [4.69, 9.17) is 5.11 Å². The zero-order valence-electron chi connectivity index (χ0n) is 9.19. The Morgan fingerprint density at radius 3 is 2.44 bits per heavy atom. The topological polar surface area (TPSA) is 66.4 Å². The van der Waals surface area contributed by atoms with Crippen LogP contribution in [0.25, 0.3) is 0 Å². The first-order chi connectivity index (χ1) is 7.66. The van der Waals surface area contributed by atoms with E-state index in [2.05, 4.69) is 5.32 Å². The Hall–Kier alpha value is -1.62. The van der Waals surface area contributed by atoms with Gasteiger partial charge in [0.25, 0.3) is 5.91 Å². The van der Waals surface area contributed by atoms with Gasteiger partial charge in [0.15, 0.2) is 0 Å². The molecule has 0 aromatic heterocycles. The van der Waals surface area contributed by atoms with Crippen LogP contribution in [0.15, 0.2) is 24.3 Å². The molecule has 0 fully saturated rings. The zero-order chi connectivity index (χ0) is 12.0. The maximum Gasteiger partial charge on any atom is 0.336 e. The molecule has 0 radical (unpaired) electrons. The van der Waals surface area contributed by atoms with E-state index in [1.807, 2.05) is 0 Å². The molecule has 16 heavy (non-hydrogen) atoms. The smallest absolute Gasteiger partial charge is 0.336 e. The number of rotatable bonds is 5. The average Bonchev–Trinajstić information content (AvgIpc) is 2.29. The van der Waals surface area contributed by atoms with E-state index < -0.39 is 5.97 Å². The minimum Gasteiger partial charge on any atom is -0.478 e. The largest absolute Gasteiger partial charge is 0.478 e. The lowest BCUT2D eigenvalue weighted by atomic mass is 10.1. The first-order valence-corrected chi connectivity index (χ1v) is 6.68. The molecule has 0 spiro atoms. The Balaban J connectivity index is 2.78. The van der Waals surface area contributed by atoms with Crippen LogP contribution in [-0.4, -0.2) is 33.8 Å². The molecule has 0 atom stereocenters. The molecular formula is C11H15NO3Si. The highest BCUT2D eigenvalue weighted by Gasteiger charge is 2.14. The van der Waals surface area contributed by atoms with E-state index in [1.165, 1.54) is 12.1 Å². The first kappa shape index (κ1) is 12.4. The van der Waals surface area contributed by atoms with Crippen molar-refractivity contribution in [1.29, 1.82) is 0 Å². The molecule has 5 heteroatoms. The van der Waals surface area contributed by atoms with E-state index in [-0.39, 0.29) is 17.0 Å². The van der Waals surface area contributed by atoms with Crippen molar-refractivity contribution in [2.75, 3.05) is 6.54 Å².